The molecule has 20 heavy (non-hydrogen) atoms. The van der Waals surface area contributed by atoms with E-state index in [0.717, 1.165) is 0 Å². The van der Waals surface area contributed by atoms with Crippen LogP contribution in [-0.4, -0.2) is 33.0 Å². The Bertz CT molecular complexity index is 346. The third-order valence-corrected chi connectivity index (χ3v) is 3.27. The molecule has 0 saturated carbocycles. The quantitative estimate of drug-likeness (QED) is 0.673. The van der Waals surface area contributed by atoms with Crippen molar-refractivity contribution in [3.8, 4) is 0 Å². The van der Waals surface area contributed by atoms with Crippen molar-refractivity contribution >= 4 is 11.6 Å². The first-order chi connectivity index (χ1) is 8.78. The molecule has 0 amide bonds. The third kappa shape index (κ3) is 7.15. The highest BCUT2D eigenvalue weighted by Crippen LogP contribution is 2.30. The number of ketones is 2. The number of unbranched alkanes of at least 4 members (excludes halogenated alkanes) is 1. The summed E-state index contributed by atoms with van der Waals surface area (Å²) in [6, 6.07) is 0. The topological polar surface area (TPSA) is 74.6 Å². The van der Waals surface area contributed by atoms with Gasteiger partial charge in [-0.3, -0.25) is 9.59 Å². The Labute approximate surface area is 122 Å². The van der Waals surface area contributed by atoms with Crippen LogP contribution in [0.3, 0.4) is 0 Å². The van der Waals surface area contributed by atoms with Gasteiger partial charge in [0.25, 0.3) is 0 Å². The van der Waals surface area contributed by atoms with Crippen molar-refractivity contribution in [3.05, 3.63) is 0 Å². The van der Waals surface area contributed by atoms with E-state index >= 15 is 0 Å². The SMILES string of the molecule is CC(=O)CC(O)(CCCCC(C)(C)O)C(=O)C(C)(C)C. The van der Waals surface area contributed by atoms with Gasteiger partial charge in [0.05, 0.1) is 5.60 Å². The highest BCUT2D eigenvalue weighted by Gasteiger charge is 2.42. The van der Waals surface area contributed by atoms with Gasteiger partial charge in [-0.25, -0.2) is 0 Å². The molecule has 4 heteroatoms. The van der Waals surface area contributed by atoms with Crippen LogP contribution in [0.5, 0.6) is 0 Å². The van der Waals surface area contributed by atoms with Gasteiger partial charge in [-0.1, -0.05) is 27.2 Å². The summed E-state index contributed by atoms with van der Waals surface area (Å²) in [5.41, 5.74) is -3.00. The van der Waals surface area contributed by atoms with Crippen LogP contribution in [0.1, 0.15) is 73.6 Å². The molecule has 4 nitrogen and oxygen atoms in total. The van der Waals surface area contributed by atoms with Crippen molar-refractivity contribution < 1.29 is 19.8 Å². The zero-order valence-electron chi connectivity index (χ0n) is 13.7. The summed E-state index contributed by atoms with van der Waals surface area (Å²) in [4.78, 5) is 23.7. The van der Waals surface area contributed by atoms with E-state index in [9.17, 15) is 19.8 Å². The Kier molecular flexibility index (Phi) is 6.56. The monoisotopic (exact) mass is 286 g/mol. The maximum Gasteiger partial charge on any atom is 0.170 e. The van der Waals surface area contributed by atoms with Crippen molar-refractivity contribution in [2.75, 3.05) is 0 Å². The van der Waals surface area contributed by atoms with Gasteiger partial charge in [0.1, 0.15) is 11.4 Å². The molecule has 0 rings (SSSR count). The van der Waals surface area contributed by atoms with E-state index in [-0.39, 0.29) is 24.4 Å². The summed E-state index contributed by atoms with van der Waals surface area (Å²) < 4.78 is 0. The lowest BCUT2D eigenvalue weighted by Gasteiger charge is -2.32. The smallest absolute Gasteiger partial charge is 0.170 e. The zero-order valence-corrected chi connectivity index (χ0v) is 13.7. The minimum Gasteiger partial charge on any atom is -0.390 e. The molecule has 1 atom stereocenters. The summed E-state index contributed by atoms with van der Waals surface area (Å²) in [6.45, 7) is 10.1. The maximum absolute atomic E-state index is 12.4. The number of hydrogen-bond donors (Lipinski definition) is 2. The summed E-state index contributed by atoms with van der Waals surface area (Å²) >= 11 is 0. The average molecular weight is 286 g/mol. The second kappa shape index (κ2) is 6.81. The van der Waals surface area contributed by atoms with E-state index in [1.165, 1.54) is 6.92 Å². The molecule has 118 valence electrons. The van der Waals surface area contributed by atoms with Crippen LogP contribution in [0.4, 0.5) is 0 Å². The van der Waals surface area contributed by atoms with Gasteiger partial charge in [-0.2, -0.15) is 0 Å². The number of Topliss-reactive ketones (excluding diaryl/α,β-unsaturated/α-hetero) is 2. The second-order valence-electron chi connectivity index (χ2n) is 7.51. The minimum absolute atomic E-state index is 0.133. The van der Waals surface area contributed by atoms with Crippen LogP contribution in [0.2, 0.25) is 0 Å². The van der Waals surface area contributed by atoms with E-state index in [0.29, 0.717) is 19.3 Å². The Hall–Kier alpha value is -0.740. The van der Waals surface area contributed by atoms with E-state index < -0.39 is 16.6 Å². The van der Waals surface area contributed by atoms with Crippen molar-refractivity contribution in [3.63, 3.8) is 0 Å². The first-order valence-electron chi connectivity index (χ1n) is 7.27. The van der Waals surface area contributed by atoms with Crippen LogP contribution >= 0.6 is 0 Å². The highest BCUT2D eigenvalue weighted by atomic mass is 16.3. The summed E-state index contributed by atoms with van der Waals surface area (Å²) in [7, 11) is 0. The molecule has 0 aromatic heterocycles. The molecule has 0 bridgehead atoms. The molecule has 0 fully saturated rings. The summed E-state index contributed by atoms with van der Waals surface area (Å²) in [6.07, 6.45) is 2.05. The molecule has 0 aliphatic rings. The Morgan fingerprint density at radius 2 is 1.35 bits per heavy atom. The second-order valence-corrected chi connectivity index (χ2v) is 7.51. The first-order valence-corrected chi connectivity index (χ1v) is 7.27. The Balaban J connectivity index is 4.73. The van der Waals surface area contributed by atoms with Crippen LogP contribution in [0, 0.1) is 5.41 Å². The third-order valence-electron chi connectivity index (χ3n) is 3.27. The zero-order chi connectivity index (χ0) is 16.2. The molecular formula is C16H30O4. The molecule has 0 aliphatic heterocycles. The van der Waals surface area contributed by atoms with E-state index in [2.05, 4.69) is 0 Å². The number of aliphatic hydroxyl groups is 2. The molecule has 0 aromatic carbocycles. The van der Waals surface area contributed by atoms with Crippen molar-refractivity contribution in [1.29, 1.82) is 0 Å². The predicted molar refractivity (Wildman–Crippen MR) is 79.5 cm³/mol. The Morgan fingerprint density at radius 3 is 1.70 bits per heavy atom. The van der Waals surface area contributed by atoms with Gasteiger partial charge in [0, 0.05) is 11.8 Å². The predicted octanol–water partition coefficient (Wildman–Crippen LogP) is 2.64. The average Bonchev–Trinajstić information content (AvgIpc) is 2.20. The van der Waals surface area contributed by atoms with E-state index in [4.69, 9.17) is 0 Å². The molecule has 0 aliphatic carbocycles. The molecule has 0 heterocycles. The van der Waals surface area contributed by atoms with E-state index in [1.54, 1.807) is 34.6 Å². The lowest BCUT2D eigenvalue weighted by molar-refractivity contribution is -0.150. The van der Waals surface area contributed by atoms with E-state index in [1.807, 2.05) is 0 Å². The fraction of sp³-hybridized carbons (Fsp3) is 0.875. The van der Waals surface area contributed by atoms with Crippen molar-refractivity contribution in [2.45, 2.75) is 84.8 Å². The standard InChI is InChI=1S/C16H30O4/c1-12(17)11-16(20,13(18)14(2,3)4)10-8-7-9-15(5,6)19/h19-20H,7-11H2,1-6H3. The summed E-state index contributed by atoms with van der Waals surface area (Å²) in [5, 5.41) is 20.2. The fourth-order valence-electron chi connectivity index (χ4n) is 2.37. The molecule has 2 N–H and O–H groups in total. The van der Waals surface area contributed by atoms with Gasteiger partial charge in [-0.05, 0) is 40.0 Å². The van der Waals surface area contributed by atoms with Crippen LogP contribution in [0.25, 0.3) is 0 Å². The maximum atomic E-state index is 12.4. The molecule has 0 saturated heterocycles. The van der Waals surface area contributed by atoms with Gasteiger partial charge >= 0.3 is 0 Å². The Morgan fingerprint density at radius 1 is 0.900 bits per heavy atom. The first kappa shape index (κ1) is 19.3. The largest absolute Gasteiger partial charge is 0.390 e. The molecule has 1 unspecified atom stereocenters. The lowest BCUT2D eigenvalue weighted by atomic mass is 9.75. The molecule has 0 spiro atoms. The van der Waals surface area contributed by atoms with Gasteiger partial charge in [0.15, 0.2) is 5.78 Å². The summed E-state index contributed by atoms with van der Waals surface area (Å²) in [5.74, 6) is -0.476. The van der Waals surface area contributed by atoms with Gasteiger partial charge < -0.3 is 10.2 Å². The normalized spacial score (nSPS) is 15.8. The molecular weight excluding hydrogens is 256 g/mol. The number of rotatable bonds is 8. The number of carbonyl (C=O) groups is 2. The van der Waals surface area contributed by atoms with Crippen molar-refractivity contribution in [2.24, 2.45) is 5.41 Å². The molecule has 0 radical (unpaired) electrons. The van der Waals surface area contributed by atoms with Crippen LogP contribution in [-0.2, 0) is 9.59 Å². The van der Waals surface area contributed by atoms with Crippen LogP contribution in [0.15, 0.2) is 0 Å². The molecule has 0 aromatic rings. The lowest BCUT2D eigenvalue weighted by Crippen LogP contribution is -2.46. The van der Waals surface area contributed by atoms with Crippen LogP contribution < -0.4 is 0 Å². The van der Waals surface area contributed by atoms with Crippen molar-refractivity contribution in [1.82, 2.24) is 0 Å². The van der Waals surface area contributed by atoms with Gasteiger partial charge in [0.2, 0.25) is 0 Å². The number of hydrogen-bond acceptors (Lipinski definition) is 4. The van der Waals surface area contributed by atoms with Gasteiger partial charge in [-0.15, -0.1) is 0 Å². The fourth-order valence-corrected chi connectivity index (χ4v) is 2.37. The minimum atomic E-state index is -1.58. The number of carbonyl (C=O) groups excluding carboxylic acids is 2. The highest BCUT2D eigenvalue weighted by molar-refractivity contribution is 5.95.